The molecule has 0 spiro atoms. The summed E-state index contributed by atoms with van der Waals surface area (Å²) in [5.74, 6) is 0. The molecular weight excluding hydrogens is 240 g/mol. The average molecular weight is 252 g/mol. The first kappa shape index (κ1) is 11.2. The number of hydrogen-bond acceptors (Lipinski definition) is 0. The van der Waals surface area contributed by atoms with Crippen LogP contribution in [0.5, 0.6) is 0 Å². The second-order valence-corrected chi connectivity index (χ2v) is 4.91. The van der Waals surface area contributed by atoms with Crippen molar-refractivity contribution in [3.8, 4) is 11.1 Å². The maximum absolute atomic E-state index is 3.19. The van der Waals surface area contributed by atoms with E-state index in [1.807, 2.05) is 12.1 Å². The lowest BCUT2D eigenvalue weighted by Crippen LogP contribution is -1.83. The van der Waals surface area contributed by atoms with E-state index in [1.165, 1.54) is 32.7 Å². The van der Waals surface area contributed by atoms with Gasteiger partial charge >= 0.3 is 0 Å². The SMILES string of the molecule is [c]1ccc2cccc(-c3cccc4cc[c]cc34)c2c1. The van der Waals surface area contributed by atoms with Gasteiger partial charge in [0.2, 0.25) is 0 Å². The molecule has 0 N–H and O–H groups in total. The molecule has 0 saturated carbocycles. The van der Waals surface area contributed by atoms with Crippen LogP contribution in [0.1, 0.15) is 0 Å². The van der Waals surface area contributed by atoms with Crippen LogP contribution in [0, 0.1) is 12.1 Å². The summed E-state index contributed by atoms with van der Waals surface area (Å²) in [5.41, 5.74) is 2.51. The highest BCUT2D eigenvalue weighted by atomic mass is 14.1. The molecule has 2 radical (unpaired) electrons. The minimum atomic E-state index is 1.24. The molecule has 20 heavy (non-hydrogen) atoms. The summed E-state index contributed by atoms with van der Waals surface area (Å²) < 4.78 is 0. The Labute approximate surface area is 118 Å². The fourth-order valence-corrected chi connectivity index (χ4v) is 2.79. The zero-order valence-electron chi connectivity index (χ0n) is 10.9. The van der Waals surface area contributed by atoms with Gasteiger partial charge in [0.1, 0.15) is 0 Å². The van der Waals surface area contributed by atoms with E-state index in [0.29, 0.717) is 0 Å². The molecule has 0 heteroatoms. The normalized spacial score (nSPS) is 11.0. The van der Waals surface area contributed by atoms with Gasteiger partial charge in [-0.05, 0) is 56.9 Å². The maximum Gasteiger partial charge on any atom is -0.00990 e. The van der Waals surface area contributed by atoms with Crippen LogP contribution < -0.4 is 0 Å². The van der Waals surface area contributed by atoms with Gasteiger partial charge in [-0.1, -0.05) is 60.7 Å². The van der Waals surface area contributed by atoms with Crippen LogP contribution >= 0.6 is 0 Å². The van der Waals surface area contributed by atoms with Crippen molar-refractivity contribution in [1.82, 2.24) is 0 Å². The van der Waals surface area contributed by atoms with Gasteiger partial charge < -0.3 is 0 Å². The number of benzene rings is 4. The summed E-state index contributed by atoms with van der Waals surface area (Å²) in [4.78, 5) is 0. The first-order valence-corrected chi connectivity index (χ1v) is 6.71. The van der Waals surface area contributed by atoms with Crippen molar-refractivity contribution in [3.63, 3.8) is 0 Å². The van der Waals surface area contributed by atoms with Crippen molar-refractivity contribution in [3.05, 3.63) is 84.9 Å². The number of fused-ring (bicyclic) bond motifs is 2. The summed E-state index contributed by atoms with van der Waals surface area (Å²) >= 11 is 0. The van der Waals surface area contributed by atoms with Crippen LogP contribution in [0.25, 0.3) is 32.7 Å². The van der Waals surface area contributed by atoms with E-state index in [9.17, 15) is 0 Å². The highest BCUT2D eigenvalue weighted by Gasteiger charge is 2.06. The van der Waals surface area contributed by atoms with Gasteiger partial charge in [-0.25, -0.2) is 0 Å². The van der Waals surface area contributed by atoms with Gasteiger partial charge in [0.05, 0.1) is 0 Å². The lowest BCUT2D eigenvalue weighted by atomic mass is 9.94. The first-order valence-electron chi connectivity index (χ1n) is 6.71. The third-order valence-electron chi connectivity index (χ3n) is 3.74. The fraction of sp³-hybridized carbons (Fsp3) is 0. The summed E-state index contributed by atoms with van der Waals surface area (Å²) in [6.07, 6.45) is 0. The first-order chi connectivity index (χ1) is 9.93. The molecule has 0 bridgehead atoms. The van der Waals surface area contributed by atoms with Gasteiger partial charge in [-0.15, -0.1) is 0 Å². The minimum absolute atomic E-state index is 1.24. The van der Waals surface area contributed by atoms with Crippen molar-refractivity contribution in [1.29, 1.82) is 0 Å². The Bertz CT molecular complexity index is 816. The number of rotatable bonds is 1. The van der Waals surface area contributed by atoms with E-state index in [4.69, 9.17) is 0 Å². The second-order valence-electron chi connectivity index (χ2n) is 4.91. The van der Waals surface area contributed by atoms with Gasteiger partial charge in [-0.2, -0.15) is 0 Å². The molecule has 0 nitrogen and oxygen atoms in total. The number of hydrogen-bond donors (Lipinski definition) is 0. The van der Waals surface area contributed by atoms with Crippen LogP contribution in [0.3, 0.4) is 0 Å². The van der Waals surface area contributed by atoms with Gasteiger partial charge in [-0.3, -0.25) is 0 Å². The minimum Gasteiger partial charge on any atom is -0.0610 e. The summed E-state index contributed by atoms with van der Waals surface area (Å²) in [6, 6.07) is 31.5. The standard InChI is InChI=1S/C20H12/c1-3-11-17-15(7-1)9-5-13-19(17)20-14-6-10-16-8-2-4-12-18(16)20/h1-2,5-14H. The molecule has 0 aliphatic carbocycles. The zero-order chi connectivity index (χ0) is 13.4. The molecule has 92 valence electrons. The van der Waals surface area contributed by atoms with Crippen LogP contribution in [0.4, 0.5) is 0 Å². The predicted octanol–water partition coefficient (Wildman–Crippen LogP) is 5.26. The van der Waals surface area contributed by atoms with E-state index in [1.54, 1.807) is 0 Å². The average Bonchev–Trinajstić information content (AvgIpc) is 2.54. The third-order valence-corrected chi connectivity index (χ3v) is 3.74. The molecule has 4 rings (SSSR count). The molecule has 0 amide bonds. The van der Waals surface area contributed by atoms with Gasteiger partial charge in [0.15, 0.2) is 0 Å². The monoisotopic (exact) mass is 252 g/mol. The maximum atomic E-state index is 3.19. The van der Waals surface area contributed by atoms with Crippen molar-refractivity contribution in [2.75, 3.05) is 0 Å². The molecule has 0 heterocycles. The third kappa shape index (κ3) is 1.70. The van der Waals surface area contributed by atoms with Crippen molar-refractivity contribution >= 4 is 21.5 Å². The Morgan fingerprint density at radius 1 is 0.550 bits per heavy atom. The van der Waals surface area contributed by atoms with Crippen LogP contribution in [0.2, 0.25) is 0 Å². The Morgan fingerprint density at radius 2 is 1.05 bits per heavy atom. The van der Waals surface area contributed by atoms with Gasteiger partial charge in [0, 0.05) is 0 Å². The van der Waals surface area contributed by atoms with E-state index in [-0.39, 0.29) is 0 Å². The van der Waals surface area contributed by atoms with Crippen LogP contribution in [-0.4, -0.2) is 0 Å². The molecule has 0 saturated heterocycles. The smallest absolute Gasteiger partial charge is 0.00990 e. The Balaban J connectivity index is 2.12. The largest absolute Gasteiger partial charge is 0.0610 e. The zero-order valence-corrected chi connectivity index (χ0v) is 10.9. The van der Waals surface area contributed by atoms with Crippen LogP contribution in [-0.2, 0) is 0 Å². The summed E-state index contributed by atoms with van der Waals surface area (Å²) in [7, 11) is 0. The molecule has 0 aromatic heterocycles. The van der Waals surface area contributed by atoms with E-state index < -0.39 is 0 Å². The fourth-order valence-electron chi connectivity index (χ4n) is 2.79. The lowest BCUT2D eigenvalue weighted by Gasteiger charge is -2.10. The highest BCUT2D eigenvalue weighted by Crippen LogP contribution is 2.33. The van der Waals surface area contributed by atoms with Crippen LogP contribution in [0.15, 0.2) is 72.8 Å². The summed E-state index contributed by atoms with van der Waals surface area (Å²) in [5, 5.41) is 4.98. The van der Waals surface area contributed by atoms with E-state index in [0.717, 1.165) is 0 Å². The van der Waals surface area contributed by atoms with Gasteiger partial charge in [0.25, 0.3) is 0 Å². The Hall–Kier alpha value is -2.60. The molecule has 0 unspecified atom stereocenters. The Morgan fingerprint density at radius 3 is 1.55 bits per heavy atom. The Kier molecular flexibility index (Phi) is 2.53. The van der Waals surface area contributed by atoms with Crippen molar-refractivity contribution in [2.45, 2.75) is 0 Å². The van der Waals surface area contributed by atoms with E-state index >= 15 is 0 Å². The van der Waals surface area contributed by atoms with Crippen molar-refractivity contribution in [2.24, 2.45) is 0 Å². The molecule has 0 atom stereocenters. The molecule has 4 aromatic rings. The van der Waals surface area contributed by atoms with Crippen molar-refractivity contribution < 1.29 is 0 Å². The second kappa shape index (κ2) is 4.50. The lowest BCUT2D eigenvalue weighted by molar-refractivity contribution is 1.68. The molecule has 0 aliphatic rings. The van der Waals surface area contributed by atoms with E-state index in [2.05, 4.69) is 72.8 Å². The molecular formula is C20H12. The topological polar surface area (TPSA) is 0 Å². The summed E-state index contributed by atoms with van der Waals surface area (Å²) in [6.45, 7) is 0. The quantitative estimate of drug-likeness (QED) is 0.433. The molecule has 0 fully saturated rings. The molecule has 0 aliphatic heterocycles. The molecule has 4 aromatic carbocycles. The predicted molar refractivity (Wildman–Crippen MR) is 84.6 cm³/mol. The highest BCUT2D eigenvalue weighted by molar-refractivity contribution is 6.05.